The van der Waals surface area contributed by atoms with Crippen molar-refractivity contribution in [1.82, 2.24) is 19.9 Å². The Kier molecular flexibility index (Phi) is 2.81. The first-order valence-electron chi connectivity index (χ1n) is 6.45. The molecule has 4 heteroatoms. The molecule has 90 valence electrons. The quantitative estimate of drug-likeness (QED) is 0.879. The number of imidazole rings is 1. The summed E-state index contributed by atoms with van der Waals surface area (Å²) in [5, 5.41) is 3.53. The Bertz CT molecular complexity index is 511. The van der Waals surface area contributed by atoms with Gasteiger partial charge < -0.3 is 0 Å². The van der Waals surface area contributed by atoms with Gasteiger partial charge in [-0.15, -0.1) is 0 Å². The van der Waals surface area contributed by atoms with Gasteiger partial charge in [-0.25, -0.2) is 9.97 Å². The van der Waals surface area contributed by atoms with Gasteiger partial charge in [-0.05, 0) is 37.9 Å². The summed E-state index contributed by atoms with van der Waals surface area (Å²) >= 11 is 0. The molecule has 0 bridgehead atoms. The lowest BCUT2D eigenvalue weighted by molar-refractivity contribution is 0.460. The fourth-order valence-electron chi connectivity index (χ4n) is 2.59. The average Bonchev–Trinajstić information content (AvgIpc) is 2.94. The highest BCUT2D eigenvalue weighted by Crippen LogP contribution is 2.24. The number of nitrogens with zero attached hydrogens (tertiary/aromatic N) is 3. The molecule has 0 aliphatic carbocycles. The number of fused-ring (bicyclic) bond motifs is 1. The minimum atomic E-state index is 0.386. The van der Waals surface area contributed by atoms with E-state index in [2.05, 4.69) is 21.8 Å². The van der Waals surface area contributed by atoms with E-state index < -0.39 is 0 Å². The van der Waals surface area contributed by atoms with E-state index in [4.69, 9.17) is 4.98 Å². The van der Waals surface area contributed by atoms with Gasteiger partial charge in [0.05, 0.1) is 6.17 Å². The maximum Gasteiger partial charge on any atom is 0.161 e. The van der Waals surface area contributed by atoms with E-state index >= 15 is 0 Å². The molecule has 3 heterocycles. The van der Waals surface area contributed by atoms with Crippen LogP contribution in [-0.4, -0.2) is 21.1 Å². The van der Waals surface area contributed by atoms with Crippen LogP contribution in [0.1, 0.15) is 38.2 Å². The number of hydrogen-bond donors (Lipinski definition) is 1. The molecule has 1 aliphatic rings. The van der Waals surface area contributed by atoms with Gasteiger partial charge in [0, 0.05) is 12.6 Å². The molecule has 3 rings (SSSR count). The van der Waals surface area contributed by atoms with Gasteiger partial charge in [0.15, 0.2) is 5.65 Å². The van der Waals surface area contributed by atoms with Crippen LogP contribution >= 0.6 is 0 Å². The van der Waals surface area contributed by atoms with Crippen LogP contribution < -0.4 is 5.32 Å². The summed E-state index contributed by atoms with van der Waals surface area (Å²) < 4.78 is 2.30. The molecule has 0 spiro atoms. The topological polar surface area (TPSA) is 42.7 Å². The first-order chi connectivity index (χ1) is 8.40. The third kappa shape index (κ3) is 1.82. The van der Waals surface area contributed by atoms with Gasteiger partial charge in [0.1, 0.15) is 11.3 Å². The van der Waals surface area contributed by atoms with Crippen molar-refractivity contribution < 1.29 is 0 Å². The second-order valence-electron chi connectivity index (χ2n) is 4.61. The van der Waals surface area contributed by atoms with Crippen LogP contribution in [0.2, 0.25) is 0 Å². The van der Waals surface area contributed by atoms with Crippen LogP contribution in [-0.2, 0) is 6.42 Å². The second kappa shape index (κ2) is 4.45. The molecule has 0 saturated carbocycles. The van der Waals surface area contributed by atoms with Gasteiger partial charge in [0.25, 0.3) is 0 Å². The van der Waals surface area contributed by atoms with Crippen LogP contribution in [0.3, 0.4) is 0 Å². The fraction of sp³-hybridized carbons (Fsp3) is 0.538. The van der Waals surface area contributed by atoms with Crippen molar-refractivity contribution in [3.05, 3.63) is 24.2 Å². The summed E-state index contributed by atoms with van der Waals surface area (Å²) in [7, 11) is 0. The van der Waals surface area contributed by atoms with Crippen molar-refractivity contribution in [3.8, 4) is 0 Å². The average molecular weight is 230 g/mol. The summed E-state index contributed by atoms with van der Waals surface area (Å²) in [4.78, 5) is 9.20. The highest BCUT2D eigenvalue weighted by atomic mass is 15.2. The summed E-state index contributed by atoms with van der Waals surface area (Å²) in [6.07, 6.45) is 6.80. The Morgan fingerprint density at radius 1 is 1.53 bits per heavy atom. The molecule has 2 aromatic heterocycles. The molecule has 1 atom stereocenters. The van der Waals surface area contributed by atoms with E-state index in [1.165, 1.54) is 18.7 Å². The van der Waals surface area contributed by atoms with Crippen molar-refractivity contribution >= 4 is 11.2 Å². The first-order valence-corrected chi connectivity index (χ1v) is 6.45. The molecule has 17 heavy (non-hydrogen) atoms. The number of hydrogen-bond acceptors (Lipinski definition) is 3. The van der Waals surface area contributed by atoms with Crippen LogP contribution in [0.4, 0.5) is 0 Å². The molecule has 1 aliphatic heterocycles. The Morgan fingerprint density at radius 3 is 3.24 bits per heavy atom. The van der Waals surface area contributed by atoms with E-state index in [1.807, 2.05) is 18.3 Å². The predicted octanol–water partition coefficient (Wildman–Crippen LogP) is 2.27. The third-order valence-corrected chi connectivity index (χ3v) is 3.34. The maximum absolute atomic E-state index is 4.71. The van der Waals surface area contributed by atoms with Gasteiger partial charge in [-0.1, -0.05) is 6.92 Å². The summed E-state index contributed by atoms with van der Waals surface area (Å²) in [5.74, 6) is 1.17. The standard InChI is InChI=1S/C13H18N4/c1-2-5-12-16-10-6-3-9-15-13(10)17(12)11-7-4-8-14-11/h3,6,9,11,14H,2,4-5,7-8H2,1H3. The van der Waals surface area contributed by atoms with Gasteiger partial charge in [-0.2, -0.15) is 0 Å². The molecular formula is C13H18N4. The predicted molar refractivity (Wildman–Crippen MR) is 67.8 cm³/mol. The van der Waals surface area contributed by atoms with Crippen molar-refractivity contribution in [2.45, 2.75) is 38.8 Å². The highest BCUT2D eigenvalue weighted by molar-refractivity contribution is 5.71. The zero-order chi connectivity index (χ0) is 11.7. The Hall–Kier alpha value is -1.42. The van der Waals surface area contributed by atoms with E-state index in [0.29, 0.717) is 6.17 Å². The van der Waals surface area contributed by atoms with Crippen LogP contribution in [0.15, 0.2) is 18.3 Å². The molecule has 1 saturated heterocycles. The number of aromatic nitrogens is 3. The SMILES string of the molecule is CCCc1nc2cccnc2n1C1CCCN1. The van der Waals surface area contributed by atoms with Gasteiger partial charge in [-0.3, -0.25) is 9.88 Å². The first kappa shape index (κ1) is 10.7. The third-order valence-electron chi connectivity index (χ3n) is 3.34. The lowest BCUT2D eigenvalue weighted by Gasteiger charge is -2.15. The fourth-order valence-corrected chi connectivity index (χ4v) is 2.59. The minimum absolute atomic E-state index is 0.386. The molecule has 0 radical (unpaired) electrons. The summed E-state index contributed by atoms with van der Waals surface area (Å²) in [5.41, 5.74) is 2.04. The van der Waals surface area contributed by atoms with E-state index in [-0.39, 0.29) is 0 Å². The van der Waals surface area contributed by atoms with Crippen LogP contribution in [0.5, 0.6) is 0 Å². The molecule has 0 amide bonds. The number of pyridine rings is 1. The van der Waals surface area contributed by atoms with Crippen molar-refractivity contribution in [2.75, 3.05) is 6.54 Å². The van der Waals surface area contributed by atoms with Gasteiger partial charge >= 0.3 is 0 Å². The van der Waals surface area contributed by atoms with Crippen molar-refractivity contribution in [2.24, 2.45) is 0 Å². The Balaban J connectivity index is 2.13. The number of rotatable bonds is 3. The molecule has 0 aromatic carbocycles. The van der Waals surface area contributed by atoms with E-state index in [1.54, 1.807) is 0 Å². The normalized spacial score (nSPS) is 20.2. The highest BCUT2D eigenvalue weighted by Gasteiger charge is 2.21. The smallest absolute Gasteiger partial charge is 0.161 e. The summed E-state index contributed by atoms with van der Waals surface area (Å²) in [6.45, 7) is 3.29. The second-order valence-corrected chi connectivity index (χ2v) is 4.61. The number of aryl methyl sites for hydroxylation is 1. The molecule has 4 nitrogen and oxygen atoms in total. The minimum Gasteiger partial charge on any atom is -0.297 e. The Morgan fingerprint density at radius 2 is 2.47 bits per heavy atom. The molecule has 1 fully saturated rings. The molecular weight excluding hydrogens is 212 g/mol. The lowest BCUT2D eigenvalue weighted by Crippen LogP contribution is -2.22. The monoisotopic (exact) mass is 230 g/mol. The largest absolute Gasteiger partial charge is 0.297 e. The zero-order valence-electron chi connectivity index (χ0n) is 10.2. The summed E-state index contributed by atoms with van der Waals surface area (Å²) in [6, 6.07) is 4.00. The van der Waals surface area contributed by atoms with E-state index in [0.717, 1.165) is 30.6 Å². The number of nitrogens with one attached hydrogen (secondary N) is 1. The maximum atomic E-state index is 4.71. The molecule has 1 unspecified atom stereocenters. The van der Waals surface area contributed by atoms with E-state index in [9.17, 15) is 0 Å². The molecule has 1 N–H and O–H groups in total. The van der Waals surface area contributed by atoms with Crippen LogP contribution in [0, 0.1) is 0 Å². The lowest BCUT2D eigenvalue weighted by atomic mass is 10.3. The van der Waals surface area contributed by atoms with Crippen molar-refractivity contribution in [1.29, 1.82) is 0 Å². The zero-order valence-corrected chi connectivity index (χ0v) is 10.2. The van der Waals surface area contributed by atoms with Crippen LogP contribution in [0.25, 0.3) is 11.2 Å². The molecule has 2 aromatic rings. The van der Waals surface area contributed by atoms with Crippen molar-refractivity contribution in [3.63, 3.8) is 0 Å². The van der Waals surface area contributed by atoms with Gasteiger partial charge in [0.2, 0.25) is 0 Å². The Labute approximate surface area is 101 Å².